The first kappa shape index (κ1) is 14.0. The summed E-state index contributed by atoms with van der Waals surface area (Å²) < 4.78 is 5.34. The van der Waals surface area contributed by atoms with Crippen molar-refractivity contribution in [2.24, 2.45) is 11.1 Å². The second kappa shape index (κ2) is 5.79. The van der Waals surface area contributed by atoms with Gasteiger partial charge in [0.1, 0.15) is 0 Å². The summed E-state index contributed by atoms with van der Waals surface area (Å²) in [4.78, 5) is 16.9. The molecule has 1 saturated heterocycles. The first-order valence-electron chi connectivity index (χ1n) is 7.18. The zero-order chi connectivity index (χ0) is 14.7. The van der Waals surface area contributed by atoms with Gasteiger partial charge in [-0.15, -0.1) is 0 Å². The van der Waals surface area contributed by atoms with Crippen LogP contribution in [0.4, 0.5) is 5.69 Å². The summed E-state index contributed by atoms with van der Waals surface area (Å²) in [5.41, 5.74) is 6.95. The summed E-state index contributed by atoms with van der Waals surface area (Å²) >= 11 is 0. The zero-order valence-corrected chi connectivity index (χ0v) is 11.8. The van der Waals surface area contributed by atoms with Gasteiger partial charge >= 0.3 is 0 Å². The largest absolute Gasteiger partial charge is 0.381 e. The highest BCUT2D eigenvalue weighted by Crippen LogP contribution is 2.31. The summed E-state index contributed by atoms with van der Waals surface area (Å²) in [5, 5.41) is 3.96. The first-order chi connectivity index (χ1) is 10.2. The van der Waals surface area contributed by atoms with Gasteiger partial charge in [0.05, 0.1) is 22.8 Å². The fraction of sp³-hybridized carbons (Fsp3) is 0.375. The number of hydrogen-bond donors (Lipinski definition) is 2. The van der Waals surface area contributed by atoms with Crippen molar-refractivity contribution in [3.63, 3.8) is 0 Å². The smallest absolute Gasteiger partial charge is 0.232 e. The highest BCUT2D eigenvalue weighted by Gasteiger charge is 2.38. The van der Waals surface area contributed by atoms with E-state index in [2.05, 4.69) is 10.3 Å². The molecule has 1 amide bonds. The maximum absolute atomic E-state index is 12.6. The molecule has 5 heteroatoms. The first-order valence-corrected chi connectivity index (χ1v) is 7.18. The number of hydrogen-bond acceptors (Lipinski definition) is 4. The number of carbonyl (C=O) groups excluding carboxylic acids is 1. The zero-order valence-electron chi connectivity index (χ0n) is 11.8. The van der Waals surface area contributed by atoms with Gasteiger partial charge in [0.2, 0.25) is 5.91 Å². The van der Waals surface area contributed by atoms with Gasteiger partial charge in [-0.3, -0.25) is 9.78 Å². The molecule has 1 aromatic carbocycles. The summed E-state index contributed by atoms with van der Waals surface area (Å²) in [6, 6.07) is 9.75. The molecule has 110 valence electrons. The molecule has 0 atom stereocenters. The molecule has 3 rings (SSSR count). The minimum absolute atomic E-state index is 0.0367. The maximum Gasteiger partial charge on any atom is 0.232 e. The maximum atomic E-state index is 12.6. The van der Waals surface area contributed by atoms with E-state index in [1.165, 1.54) is 0 Å². The van der Waals surface area contributed by atoms with Crippen LogP contribution in [0.25, 0.3) is 10.9 Å². The van der Waals surface area contributed by atoms with Crippen molar-refractivity contribution in [1.29, 1.82) is 0 Å². The number of nitrogens with zero attached hydrogens (tertiary/aromatic N) is 1. The lowest BCUT2D eigenvalue weighted by atomic mass is 9.79. The Morgan fingerprint density at radius 3 is 2.86 bits per heavy atom. The Labute approximate surface area is 123 Å². The Morgan fingerprint density at radius 1 is 1.33 bits per heavy atom. The van der Waals surface area contributed by atoms with Gasteiger partial charge in [0.25, 0.3) is 0 Å². The van der Waals surface area contributed by atoms with E-state index in [0.717, 1.165) is 10.9 Å². The van der Waals surface area contributed by atoms with Crippen LogP contribution in [0, 0.1) is 5.41 Å². The molecule has 2 heterocycles. The molecule has 2 aromatic rings. The number of pyridine rings is 1. The average Bonchev–Trinajstić information content (AvgIpc) is 2.55. The van der Waals surface area contributed by atoms with E-state index < -0.39 is 5.41 Å². The van der Waals surface area contributed by atoms with Crippen LogP contribution in [0.5, 0.6) is 0 Å². The minimum atomic E-state index is -0.524. The molecule has 1 aromatic heterocycles. The highest BCUT2D eigenvalue weighted by molar-refractivity contribution is 5.97. The molecular weight excluding hydrogens is 266 g/mol. The number of fused-ring (bicyclic) bond motifs is 1. The molecule has 3 N–H and O–H groups in total. The van der Waals surface area contributed by atoms with Gasteiger partial charge < -0.3 is 15.8 Å². The third-order valence-corrected chi connectivity index (χ3v) is 4.17. The van der Waals surface area contributed by atoms with Crippen LogP contribution >= 0.6 is 0 Å². The van der Waals surface area contributed by atoms with E-state index >= 15 is 0 Å². The van der Waals surface area contributed by atoms with Crippen molar-refractivity contribution in [2.45, 2.75) is 12.8 Å². The lowest BCUT2D eigenvalue weighted by Crippen LogP contribution is -2.46. The molecule has 0 saturated carbocycles. The van der Waals surface area contributed by atoms with E-state index in [1.54, 1.807) is 6.20 Å². The van der Waals surface area contributed by atoms with Crippen molar-refractivity contribution < 1.29 is 9.53 Å². The molecule has 1 fully saturated rings. The number of anilines is 1. The summed E-state index contributed by atoms with van der Waals surface area (Å²) in [6.45, 7) is 1.50. The lowest BCUT2D eigenvalue weighted by Gasteiger charge is -2.34. The quantitative estimate of drug-likeness (QED) is 0.903. The van der Waals surface area contributed by atoms with Crippen LogP contribution in [0.15, 0.2) is 36.5 Å². The third kappa shape index (κ3) is 2.75. The molecule has 21 heavy (non-hydrogen) atoms. The number of para-hydroxylation sites is 1. The van der Waals surface area contributed by atoms with Crippen molar-refractivity contribution in [3.8, 4) is 0 Å². The highest BCUT2D eigenvalue weighted by atomic mass is 16.5. The van der Waals surface area contributed by atoms with Gasteiger partial charge in [-0.1, -0.05) is 18.2 Å². The Balaban J connectivity index is 1.81. The van der Waals surface area contributed by atoms with Gasteiger partial charge in [-0.2, -0.15) is 0 Å². The Hall–Kier alpha value is -1.98. The van der Waals surface area contributed by atoms with E-state index in [9.17, 15) is 4.79 Å². The van der Waals surface area contributed by atoms with Crippen LogP contribution in [0.1, 0.15) is 12.8 Å². The summed E-state index contributed by atoms with van der Waals surface area (Å²) in [6.07, 6.45) is 3.01. The number of nitrogens with one attached hydrogen (secondary N) is 1. The molecule has 1 aliphatic heterocycles. The second-order valence-corrected chi connectivity index (χ2v) is 5.47. The number of carbonyl (C=O) groups is 1. The summed E-state index contributed by atoms with van der Waals surface area (Å²) in [7, 11) is 0. The van der Waals surface area contributed by atoms with Crippen molar-refractivity contribution in [3.05, 3.63) is 36.5 Å². The monoisotopic (exact) mass is 285 g/mol. The molecule has 0 radical (unpaired) electrons. The predicted octanol–water partition coefficient (Wildman–Crippen LogP) is 1.93. The summed E-state index contributed by atoms with van der Waals surface area (Å²) in [5.74, 6) is -0.0367. The molecule has 1 aliphatic rings. The minimum Gasteiger partial charge on any atom is -0.381 e. The van der Waals surface area contributed by atoms with E-state index in [0.29, 0.717) is 38.3 Å². The number of amides is 1. The van der Waals surface area contributed by atoms with Crippen LogP contribution in [0.2, 0.25) is 0 Å². The number of rotatable bonds is 3. The van der Waals surface area contributed by atoms with E-state index in [1.807, 2.05) is 30.3 Å². The fourth-order valence-electron chi connectivity index (χ4n) is 2.69. The van der Waals surface area contributed by atoms with Crippen LogP contribution < -0.4 is 11.1 Å². The fourth-order valence-corrected chi connectivity index (χ4v) is 2.69. The van der Waals surface area contributed by atoms with Gasteiger partial charge in [0.15, 0.2) is 0 Å². The molecule has 0 bridgehead atoms. The molecule has 0 spiro atoms. The van der Waals surface area contributed by atoms with Crippen LogP contribution in [-0.4, -0.2) is 30.6 Å². The van der Waals surface area contributed by atoms with Gasteiger partial charge in [0, 0.05) is 25.1 Å². The van der Waals surface area contributed by atoms with Crippen molar-refractivity contribution >= 4 is 22.5 Å². The van der Waals surface area contributed by atoms with Crippen molar-refractivity contribution in [2.75, 3.05) is 25.1 Å². The number of ether oxygens (including phenoxy) is 1. The third-order valence-electron chi connectivity index (χ3n) is 4.17. The molecule has 5 nitrogen and oxygen atoms in total. The normalized spacial score (nSPS) is 17.6. The van der Waals surface area contributed by atoms with Crippen LogP contribution in [-0.2, 0) is 9.53 Å². The van der Waals surface area contributed by atoms with Crippen molar-refractivity contribution in [1.82, 2.24) is 4.98 Å². The Kier molecular flexibility index (Phi) is 3.86. The SMILES string of the molecule is NCC1(C(=O)Nc2cnc3ccccc3c2)CCOCC1. The molecular formula is C16H19N3O2. The van der Waals surface area contributed by atoms with Gasteiger partial charge in [-0.25, -0.2) is 0 Å². The number of aromatic nitrogens is 1. The van der Waals surface area contributed by atoms with E-state index in [4.69, 9.17) is 10.5 Å². The van der Waals surface area contributed by atoms with Crippen LogP contribution in [0.3, 0.4) is 0 Å². The van der Waals surface area contributed by atoms with Gasteiger partial charge in [-0.05, 0) is 25.0 Å². The molecule has 0 unspecified atom stereocenters. The standard InChI is InChI=1S/C16H19N3O2/c17-11-16(5-7-21-8-6-16)15(20)19-13-9-12-3-1-2-4-14(12)18-10-13/h1-4,9-10H,5-8,11,17H2,(H,19,20). The Bertz CT molecular complexity index is 651. The second-order valence-electron chi connectivity index (χ2n) is 5.47. The molecule has 0 aliphatic carbocycles. The number of nitrogens with two attached hydrogens (primary N) is 1. The predicted molar refractivity (Wildman–Crippen MR) is 81.9 cm³/mol. The Morgan fingerprint density at radius 2 is 2.10 bits per heavy atom. The number of benzene rings is 1. The lowest BCUT2D eigenvalue weighted by molar-refractivity contribution is -0.130. The van der Waals surface area contributed by atoms with E-state index in [-0.39, 0.29) is 5.91 Å². The average molecular weight is 285 g/mol. The topological polar surface area (TPSA) is 77.2 Å².